The maximum Gasteiger partial charge on any atom is 0.261 e. The van der Waals surface area contributed by atoms with E-state index in [1.54, 1.807) is 13.2 Å². The first-order valence-corrected chi connectivity index (χ1v) is 7.65. The number of amides is 1. The Kier molecular flexibility index (Phi) is 4.05. The molecule has 0 aliphatic carbocycles. The maximum absolute atomic E-state index is 12.1. The zero-order valence-corrected chi connectivity index (χ0v) is 12.9. The number of carbonyl (C=O) groups excluding carboxylic acids is 1. The SMILES string of the molecule is COCCNC(=O)c1cc2c(Cl)nc3ccccc3c2s1. The Morgan fingerprint density at radius 3 is 3.00 bits per heavy atom. The molecule has 1 N–H and O–H groups in total. The molecule has 0 atom stereocenters. The van der Waals surface area contributed by atoms with Gasteiger partial charge in [-0.3, -0.25) is 4.79 Å². The van der Waals surface area contributed by atoms with Crippen molar-refractivity contribution in [1.82, 2.24) is 10.3 Å². The number of hydrogen-bond donors (Lipinski definition) is 1. The number of ether oxygens (including phenoxy) is 1. The van der Waals surface area contributed by atoms with Crippen molar-refractivity contribution < 1.29 is 9.53 Å². The minimum atomic E-state index is -0.117. The van der Waals surface area contributed by atoms with Crippen LogP contribution in [-0.4, -0.2) is 31.2 Å². The molecule has 0 spiro atoms. The summed E-state index contributed by atoms with van der Waals surface area (Å²) in [5.74, 6) is -0.117. The Hall–Kier alpha value is -1.69. The summed E-state index contributed by atoms with van der Waals surface area (Å²) < 4.78 is 5.91. The quantitative estimate of drug-likeness (QED) is 0.591. The Balaban J connectivity index is 2.05. The van der Waals surface area contributed by atoms with Gasteiger partial charge in [-0.15, -0.1) is 11.3 Å². The lowest BCUT2D eigenvalue weighted by Gasteiger charge is -2.01. The normalized spacial score (nSPS) is 11.1. The van der Waals surface area contributed by atoms with Gasteiger partial charge in [0.1, 0.15) is 5.15 Å². The summed E-state index contributed by atoms with van der Waals surface area (Å²) in [5, 5.41) is 5.07. The maximum atomic E-state index is 12.1. The predicted molar refractivity (Wildman–Crippen MR) is 86.3 cm³/mol. The number of thiophene rings is 1. The number of aromatic nitrogens is 1. The zero-order chi connectivity index (χ0) is 14.8. The van der Waals surface area contributed by atoms with Gasteiger partial charge in [-0.25, -0.2) is 4.98 Å². The standard InChI is InChI=1S/C15H13ClN2O2S/c1-20-7-6-17-15(19)12-8-10-13(21-12)9-4-2-3-5-11(9)18-14(10)16/h2-5,8H,6-7H2,1H3,(H,17,19). The smallest absolute Gasteiger partial charge is 0.261 e. The van der Waals surface area contributed by atoms with Crippen LogP contribution in [0.25, 0.3) is 21.0 Å². The number of rotatable bonds is 4. The zero-order valence-electron chi connectivity index (χ0n) is 11.4. The number of carbonyl (C=O) groups is 1. The minimum absolute atomic E-state index is 0.117. The van der Waals surface area contributed by atoms with E-state index in [1.165, 1.54) is 11.3 Å². The van der Waals surface area contributed by atoms with Crippen molar-refractivity contribution in [2.75, 3.05) is 20.3 Å². The second kappa shape index (κ2) is 5.97. The molecular formula is C15H13ClN2O2S. The fourth-order valence-electron chi connectivity index (χ4n) is 2.14. The van der Waals surface area contributed by atoms with Crippen LogP contribution in [0.15, 0.2) is 30.3 Å². The molecule has 0 saturated heterocycles. The molecule has 1 aromatic carbocycles. The molecule has 21 heavy (non-hydrogen) atoms. The highest BCUT2D eigenvalue weighted by Crippen LogP contribution is 2.35. The molecule has 4 nitrogen and oxygen atoms in total. The van der Waals surface area contributed by atoms with E-state index in [1.807, 2.05) is 24.3 Å². The van der Waals surface area contributed by atoms with Gasteiger partial charge in [0.25, 0.3) is 5.91 Å². The number of halogens is 1. The number of nitrogens with one attached hydrogen (secondary N) is 1. The molecule has 3 aromatic rings. The summed E-state index contributed by atoms with van der Waals surface area (Å²) in [6.07, 6.45) is 0. The average Bonchev–Trinajstić information content (AvgIpc) is 2.94. The first-order chi connectivity index (χ1) is 10.2. The summed E-state index contributed by atoms with van der Waals surface area (Å²) >= 11 is 7.65. The molecule has 0 fully saturated rings. The van der Waals surface area contributed by atoms with Crippen LogP contribution in [0.1, 0.15) is 9.67 Å². The highest BCUT2D eigenvalue weighted by atomic mass is 35.5. The van der Waals surface area contributed by atoms with E-state index in [0.717, 1.165) is 21.0 Å². The largest absolute Gasteiger partial charge is 0.383 e. The van der Waals surface area contributed by atoms with Gasteiger partial charge >= 0.3 is 0 Å². The number of nitrogens with zero attached hydrogens (tertiary/aromatic N) is 1. The van der Waals surface area contributed by atoms with Crippen LogP contribution in [0.3, 0.4) is 0 Å². The third-order valence-corrected chi connectivity index (χ3v) is 4.59. The van der Waals surface area contributed by atoms with Gasteiger partial charge in [0.2, 0.25) is 0 Å². The van der Waals surface area contributed by atoms with Crippen LogP contribution >= 0.6 is 22.9 Å². The number of benzene rings is 1. The Bertz CT molecular complexity index is 816. The Labute approximate surface area is 130 Å². The molecule has 0 saturated carbocycles. The van der Waals surface area contributed by atoms with E-state index in [4.69, 9.17) is 16.3 Å². The van der Waals surface area contributed by atoms with E-state index in [0.29, 0.717) is 23.2 Å². The summed E-state index contributed by atoms with van der Waals surface area (Å²) in [5.41, 5.74) is 0.836. The molecule has 3 rings (SSSR count). The van der Waals surface area contributed by atoms with E-state index in [2.05, 4.69) is 10.3 Å². The van der Waals surface area contributed by atoms with Crippen LogP contribution in [0.5, 0.6) is 0 Å². The topological polar surface area (TPSA) is 51.2 Å². The number of fused-ring (bicyclic) bond motifs is 3. The van der Waals surface area contributed by atoms with Crippen molar-refractivity contribution >= 4 is 49.8 Å². The monoisotopic (exact) mass is 320 g/mol. The van der Waals surface area contributed by atoms with Crippen molar-refractivity contribution in [2.24, 2.45) is 0 Å². The molecule has 2 heterocycles. The van der Waals surface area contributed by atoms with Crippen molar-refractivity contribution in [3.05, 3.63) is 40.4 Å². The number of para-hydroxylation sites is 1. The van der Waals surface area contributed by atoms with E-state index >= 15 is 0 Å². The molecule has 0 radical (unpaired) electrons. The molecule has 108 valence electrons. The first-order valence-electron chi connectivity index (χ1n) is 6.45. The lowest BCUT2D eigenvalue weighted by Crippen LogP contribution is -2.26. The van der Waals surface area contributed by atoms with Crippen molar-refractivity contribution in [1.29, 1.82) is 0 Å². The van der Waals surface area contributed by atoms with Crippen LogP contribution in [0.2, 0.25) is 5.15 Å². The number of methoxy groups -OCH3 is 1. The highest BCUT2D eigenvalue weighted by Gasteiger charge is 2.14. The average molecular weight is 321 g/mol. The van der Waals surface area contributed by atoms with Gasteiger partial charge in [-0.2, -0.15) is 0 Å². The van der Waals surface area contributed by atoms with Crippen LogP contribution < -0.4 is 5.32 Å². The van der Waals surface area contributed by atoms with Gasteiger partial charge < -0.3 is 10.1 Å². The number of pyridine rings is 1. The van der Waals surface area contributed by atoms with Gasteiger partial charge in [0.15, 0.2) is 0 Å². The Morgan fingerprint density at radius 2 is 2.19 bits per heavy atom. The van der Waals surface area contributed by atoms with Crippen molar-refractivity contribution in [3.8, 4) is 0 Å². The minimum Gasteiger partial charge on any atom is -0.383 e. The molecule has 0 aliphatic heterocycles. The van der Waals surface area contributed by atoms with Crippen molar-refractivity contribution in [2.45, 2.75) is 0 Å². The molecule has 6 heteroatoms. The van der Waals surface area contributed by atoms with Gasteiger partial charge in [-0.1, -0.05) is 29.8 Å². The fourth-order valence-corrected chi connectivity index (χ4v) is 3.54. The molecule has 0 aliphatic rings. The summed E-state index contributed by atoms with van der Waals surface area (Å²) in [4.78, 5) is 17.1. The first kappa shape index (κ1) is 14.3. The van der Waals surface area contributed by atoms with Gasteiger partial charge in [0.05, 0.1) is 17.0 Å². The lowest BCUT2D eigenvalue weighted by molar-refractivity contribution is 0.0941. The molecular weight excluding hydrogens is 308 g/mol. The van der Waals surface area contributed by atoms with Gasteiger partial charge in [-0.05, 0) is 12.1 Å². The summed E-state index contributed by atoms with van der Waals surface area (Å²) in [6, 6.07) is 9.57. The van der Waals surface area contributed by atoms with E-state index in [9.17, 15) is 4.79 Å². The van der Waals surface area contributed by atoms with Crippen LogP contribution in [0.4, 0.5) is 0 Å². The van der Waals surface area contributed by atoms with E-state index in [-0.39, 0.29) is 5.91 Å². The summed E-state index contributed by atoms with van der Waals surface area (Å²) in [7, 11) is 1.60. The predicted octanol–water partition coefficient (Wildman–Crippen LogP) is 3.48. The molecule has 0 bridgehead atoms. The van der Waals surface area contributed by atoms with Crippen LogP contribution in [-0.2, 0) is 4.74 Å². The Morgan fingerprint density at radius 1 is 1.38 bits per heavy atom. The third-order valence-electron chi connectivity index (χ3n) is 3.14. The molecule has 2 aromatic heterocycles. The highest BCUT2D eigenvalue weighted by molar-refractivity contribution is 7.21. The van der Waals surface area contributed by atoms with Crippen LogP contribution in [0, 0.1) is 0 Å². The molecule has 1 amide bonds. The van der Waals surface area contributed by atoms with Gasteiger partial charge in [0, 0.05) is 29.1 Å². The fraction of sp³-hybridized carbons (Fsp3) is 0.200. The third kappa shape index (κ3) is 2.72. The molecule has 0 unspecified atom stereocenters. The summed E-state index contributed by atoms with van der Waals surface area (Å²) in [6.45, 7) is 0.970. The van der Waals surface area contributed by atoms with E-state index < -0.39 is 0 Å². The van der Waals surface area contributed by atoms with Crippen molar-refractivity contribution in [3.63, 3.8) is 0 Å². The second-order valence-corrected chi connectivity index (χ2v) is 5.93. The number of hydrogen-bond acceptors (Lipinski definition) is 4. The second-order valence-electron chi connectivity index (χ2n) is 4.52. The lowest BCUT2D eigenvalue weighted by atomic mass is 10.2.